The lowest BCUT2D eigenvalue weighted by Gasteiger charge is -2.28. The first-order chi connectivity index (χ1) is 16.9. The van der Waals surface area contributed by atoms with Crippen molar-refractivity contribution in [3.8, 4) is 5.75 Å². The summed E-state index contributed by atoms with van der Waals surface area (Å²) in [7, 11) is 1.66. The van der Waals surface area contributed by atoms with Crippen LogP contribution in [0, 0.1) is 5.92 Å². The first-order valence-electron chi connectivity index (χ1n) is 12.4. The highest BCUT2D eigenvalue weighted by Gasteiger charge is 2.33. The molecule has 0 unspecified atom stereocenters. The highest BCUT2D eigenvalue weighted by Crippen LogP contribution is 2.35. The minimum atomic E-state index is -0.561. The molecule has 0 saturated heterocycles. The third kappa shape index (κ3) is 5.53. The Hall–Kier alpha value is -2.86. The van der Waals surface area contributed by atoms with Gasteiger partial charge in [0.1, 0.15) is 11.8 Å². The Labute approximate surface area is 216 Å². The highest BCUT2D eigenvalue weighted by molar-refractivity contribution is 9.10. The quantitative estimate of drug-likeness (QED) is 0.362. The fourth-order valence-corrected chi connectivity index (χ4v) is 5.20. The molecule has 0 saturated carbocycles. The van der Waals surface area contributed by atoms with E-state index < -0.39 is 6.04 Å². The van der Waals surface area contributed by atoms with Gasteiger partial charge >= 0.3 is 0 Å². The SMILES string of the molecule is CCCC[C@@H](C)C(=O)N[C@H]1CCc2ccccc2N(Cc2c(OC)ccc3cc(Br)ccc23)C1=O. The van der Waals surface area contributed by atoms with Crippen LogP contribution in [0.2, 0.25) is 0 Å². The zero-order chi connectivity index (χ0) is 24.9. The average Bonchev–Trinajstić information content (AvgIpc) is 2.99. The topological polar surface area (TPSA) is 58.6 Å². The number of unbranched alkanes of at least 4 members (excludes halogenated alkanes) is 1. The number of carbonyl (C=O) groups excluding carboxylic acids is 2. The van der Waals surface area contributed by atoms with Crippen LogP contribution in [0.15, 0.2) is 59.1 Å². The van der Waals surface area contributed by atoms with Crippen molar-refractivity contribution in [1.29, 1.82) is 0 Å². The second-order valence-corrected chi connectivity index (χ2v) is 10.2. The molecule has 6 heteroatoms. The number of nitrogens with one attached hydrogen (secondary N) is 1. The van der Waals surface area contributed by atoms with E-state index in [0.717, 1.165) is 63.5 Å². The van der Waals surface area contributed by atoms with Crippen LogP contribution in [0.25, 0.3) is 10.8 Å². The number of nitrogens with zero attached hydrogens (tertiary/aromatic N) is 1. The van der Waals surface area contributed by atoms with Gasteiger partial charge < -0.3 is 15.0 Å². The van der Waals surface area contributed by atoms with Gasteiger partial charge in [-0.25, -0.2) is 0 Å². The van der Waals surface area contributed by atoms with Crippen molar-refractivity contribution in [1.82, 2.24) is 5.32 Å². The molecule has 0 bridgehead atoms. The Morgan fingerprint density at radius 3 is 2.77 bits per heavy atom. The number of amides is 2. The molecule has 4 rings (SSSR count). The molecule has 0 fully saturated rings. The number of carbonyl (C=O) groups is 2. The Morgan fingerprint density at radius 1 is 1.20 bits per heavy atom. The van der Waals surface area contributed by atoms with Crippen LogP contribution in [-0.4, -0.2) is 25.0 Å². The fourth-order valence-electron chi connectivity index (χ4n) is 4.83. The standard InChI is InChI=1S/C29H33BrN2O3/c1-4-5-8-19(2)28(33)31-25-15-11-20-9-6-7-10-26(20)32(29(25)34)18-24-23-14-13-22(30)17-21(23)12-16-27(24)35-3/h6-7,9-10,12-14,16-17,19,25H,4-5,8,11,15,18H2,1-3H3,(H,31,33)/t19-,25+/m1/s1. The molecule has 2 amide bonds. The summed E-state index contributed by atoms with van der Waals surface area (Å²) < 4.78 is 6.72. The van der Waals surface area contributed by atoms with Crippen molar-refractivity contribution in [3.63, 3.8) is 0 Å². The largest absolute Gasteiger partial charge is 0.496 e. The van der Waals surface area contributed by atoms with Crippen LogP contribution in [0.5, 0.6) is 5.75 Å². The van der Waals surface area contributed by atoms with Gasteiger partial charge in [-0.2, -0.15) is 0 Å². The van der Waals surface area contributed by atoms with E-state index in [9.17, 15) is 9.59 Å². The van der Waals surface area contributed by atoms with Gasteiger partial charge in [0.05, 0.1) is 13.7 Å². The Balaban J connectivity index is 1.71. The number of anilines is 1. The number of aryl methyl sites for hydroxylation is 1. The maximum absolute atomic E-state index is 13.9. The summed E-state index contributed by atoms with van der Waals surface area (Å²) in [6.07, 6.45) is 4.19. The van der Waals surface area contributed by atoms with Crippen LogP contribution >= 0.6 is 15.9 Å². The number of ether oxygens (including phenoxy) is 1. The summed E-state index contributed by atoms with van der Waals surface area (Å²) in [6.45, 7) is 4.42. The van der Waals surface area contributed by atoms with E-state index in [-0.39, 0.29) is 17.7 Å². The minimum absolute atomic E-state index is 0.0460. The zero-order valence-electron chi connectivity index (χ0n) is 20.6. The van der Waals surface area contributed by atoms with Gasteiger partial charge in [-0.15, -0.1) is 0 Å². The van der Waals surface area contributed by atoms with E-state index in [1.165, 1.54) is 0 Å². The molecular weight excluding hydrogens is 504 g/mol. The van der Waals surface area contributed by atoms with Gasteiger partial charge in [-0.3, -0.25) is 9.59 Å². The first-order valence-corrected chi connectivity index (χ1v) is 13.2. The van der Waals surface area contributed by atoms with Gasteiger partial charge in [-0.1, -0.05) is 73.0 Å². The van der Waals surface area contributed by atoms with Crippen LogP contribution < -0.4 is 15.0 Å². The summed E-state index contributed by atoms with van der Waals surface area (Å²) in [4.78, 5) is 28.7. The van der Waals surface area contributed by atoms with Crippen molar-refractivity contribution in [2.75, 3.05) is 12.0 Å². The third-order valence-corrected chi connectivity index (χ3v) is 7.38. The van der Waals surface area contributed by atoms with Gasteiger partial charge in [0.15, 0.2) is 0 Å². The molecule has 5 nitrogen and oxygen atoms in total. The predicted octanol–water partition coefficient (Wildman–Crippen LogP) is 6.40. The number of methoxy groups -OCH3 is 1. The second kappa shape index (κ2) is 11.3. The van der Waals surface area contributed by atoms with Gasteiger partial charge in [0, 0.05) is 21.6 Å². The van der Waals surface area contributed by atoms with Crippen molar-refractivity contribution in [2.45, 2.75) is 58.5 Å². The molecule has 0 aliphatic carbocycles. The third-order valence-electron chi connectivity index (χ3n) is 6.89. The molecule has 0 radical (unpaired) electrons. The van der Waals surface area contributed by atoms with Gasteiger partial charge in [-0.05, 0) is 59.9 Å². The van der Waals surface area contributed by atoms with Gasteiger partial charge in [0.2, 0.25) is 11.8 Å². The minimum Gasteiger partial charge on any atom is -0.496 e. The molecular formula is C29H33BrN2O3. The summed E-state index contributed by atoms with van der Waals surface area (Å²) in [5.41, 5.74) is 2.95. The molecule has 0 aromatic heterocycles. The van der Waals surface area contributed by atoms with E-state index in [4.69, 9.17) is 4.74 Å². The lowest BCUT2D eigenvalue weighted by Crippen LogP contribution is -2.49. The number of fused-ring (bicyclic) bond motifs is 2. The van der Waals surface area contributed by atoms with Crippen LogP contribution in [0.3, 0.4) is 0 Å². The number of benzene rings is 3. The molecule has 3 aromatic carbocycles. The fraction of sp³-hybridized carbons (Fsp3) is 0.379. The highest BCUT2D eigenvalue weighted by atomic mass is 79.9. The molecule has 2 atom stereocenters. The smallest absolute Gasteiger partial charge is 0.249 e. The molecule has 184 valence electrons. The van der Waals surface area contributed by atoms with Crippen LogP contribution in [0.1, 0.15) is 50.7 Å². The molecule has 0 spiro atoms. The molecule has 1 aliphatic heterocycles. The number of hydrogen-bond acceptors (Lipinski definition) is 3. The maximum atomic E-state index is 13.9. The molecule has 1 aliphatic rings. The maximum Gasteiger partial charge on any atom is 0.249 e. The van der Waals surface area contributed by atoms with Gasteiger partial charge in [0.25, 0.3) is 0 Å². The monoisotopic (exact) mass is 536 g/mol. The first kappa shape index (κ1) is 25.2. The average molecular weight is 537 g/mol. The molecule has 35 heavy (non-hydrogen) atoms. The Bertz CT molecular complexity index is 1230. The van der Waals surface area contributed by atoms with E-state index in [0.29, 0.717) is 13.0 Å². The number of halogens is 1. The van der Waals surface area contributed by atoms with Crippen molar-refractivity contribution in [3.05, 3.63) is 70.2 Å². The number of rotatable bonds is 8. The van der Waals surface area contributed by atoms with Crippen molar-refractivity contribution >= 4 is 44.2 Å². The summed E-state index contributed by atoms with van der Waals surface area (Å²) in [6, 6.07) is 17.6. The Kier molecular flexibility index (Phi) is 8.11. The molecule has 1 heterocycles. The van der Waals surface area contributed by atoms with Crippen LogP contribution in [0.4, 0.5) is 5.69 Å². The second-order valence-electron chi connectivity index (χ2n) is 9.31. The summed E-state index contributed by atoms with van der Waals surface area (Å²) in [5, 5.41) is 5.18. The zero-order valence-corrected chi connectivity index (χ0v) is 22.2. The predicted molar refractivity (Wildman–Crippen MR) is 145 cm³/mol. The Morgan fingerprint density at radius 2 is 2.00 bits per heavy atom. The number of hydrogen-bond donors (Lipinski definition) is 1. The lowest BCUT2D eigenvalue weighted by atomic mass is 10.0. The van der Waals surface area contributed by atoms with Crippen LogP contribution in [-0.2, 0) is 22.6 Å². The van der Waals surface area contributed by atoms with Crippen molar-refractivity contribution < 1.29 is 14.3 Å². The number of para-hydroxylation sites is 1. The molecule has 1 N–H and O–H groups in total. The lowest BCUT2D eigenvalue weighted by molar-refractivity contribution is -0.130. The van der Waals surface area contributed by atoms with E-state index in [1.54, 1.807) is 7.11 Å². The van der Waals surface area contributed by atoms with E-state index in [1.807, 2.05) is 48.2 Å². The van der Waals surface area contributed by atoms with E-state index >= 15 is 0 Å². The molecule has 3 aromatic rings. The van der Waals surface area contributed by atoms with E-state index in [2.05, 4.69) is 46.4 Å². The normalized spacial score (nSPS) is 16.5. The summed E-state index contributed by atoms with van der Waals surface area (Å²) >= 11 is 3.55. The van der Waals surface area contributed by atoms with Crippen molar-refractivity contribution in [2.24, 2.45) is 5.92 Å². The summed E-state index contributed by atoms with van der Waals surface area (Å²) in [5.74, 6) is 0.499.